The highest BCUT2D eigenvalue weighted by Gasteiger charge is 2.57. The van der Waals surface area contributed by atoms with Crippen molar-refractivity contribution in [3.05, 3.63) is 59.7 Å². The first-order chi connectivity index (χ1) is 19.7. The zero-order chi connectivity index (χ0) is 30.4. The predicted molar refractivity (Wildman–Crippen MR) is 161 cm³/mol. The Morgan fingerprint density at radius 3 is 2.38 bits per heavy atom. The van der Waals surface area contributed by atoms with Crippen molar-refractivity contribution in [1.29, 1.82) is 0 Å². The van der Waals surface area contributed by atoms with E-state index in [0.29, 0.717) is 24.3 Å². The number of halogens is 1. The molecule has 5 atom stereocenters. The van der Waals surface area contributed by atoms with E-state index in [1.165, 1.54) is 11.0 Å². The summed E-state index contributed by atoms with van der Waals surface area (Å²) in [5, 5.41) is 2.79. The van der Waals surface area contributed by atoms with Crippen LogP contribution in [0.5, 0.6) is 0 Å². The van der Waals surface area contributed by atoms with Gasteiger partial charge in [0, 0.05) is 29.8 Å². The molecule has 5 rings (SSSR count). The van der Waals surface area contributed by atoms with Crippen molar-refractivity contribution in [1.82, 2.24) is 14.6 Å². The minimum Gasteiger partial charge on any atom is -0.598 e. The summed E-state index contributed by atoms with van der Waals surface area (Å²) in [6.07, 6.45) is 8.12. The van der Waals surface area contributed by atoms with Crippen LogP contribution in [0.1, 0.15) is 91.2 Å². The number of pyridine rings is 1. The molecule has 2 heterocycles. The monoisotopic (exact) mass is 598 g/mol. The number of anilines is 1. The van der Waals surface area contributed by atoms with Gasteiger partial charge >= 0.3 is 6.09 Å². The smallest absolute Gasteiger partial charge is 0.411 e. The van der Waals surface area contributed by atoms with Crippen LogP contribution in [-0.4, -0.2) is 48.9 Å². The molecule has 0 bridgehead atoms. The molecule has 8 nitrogen and oxygen atoms in total. The van der Waals surface area contributed by atoms with Crippen molar-refractivity contribution in [3.63, 3.8) is 0 Å². The number of nitrogens with one attached hydrogen (secondary N) is 2. The Hall–Kier alpha value is -2.69. The molecule has 42 heavy (non-hydrogen) atoms. The van der Waals surface area contributed by atoms with Crippen molar-refractivity contribution in [2.45, 2.75) is 108 Å². The second-order valence-electron chi connectivity index (χ2n) is 14.0. The fourth-order valence-electron chi connectivity index (χ4n) is 5.77. The number of hydrogen-bond donors (Lipinski definition) is 2. The molecule has 228 valence electrons. The lowest BCUT2D eigenvalue weighted by Gasteiger charge is -2.39. The van der Waals surface area contributed by atoms with E-state index in [4.69, 9.17) is 4.74 Å². The van der Waals surface area contributed by atoms with Gasteiger partial charge in [0.15, 0.2) is 0 Å². The second kappa shape index (κ2) is 11.4. The van der Waals surface area contributed by atoms with E-state index < -0.39 is 51.1 Å². The number of amides is 2. The van der Waals surface area contributed by atoms with Crippen LogP contribution in [0.15, 0.2) is 42.7 Å². The summed E-state index contributed by atoms with van der Waals surface area (Å²) in [5.41, 5.74) is -0.0134. The van der Waals surface area contributed by atoms with Gasteiger partial charge in [-0.2, -0.15) is 0 Å². The Bertz CT molecular complexity index is 1310. The molecule has 10 heteroatoms. The van der Waals surface area contributed by atoms with E-state index in [0.717, 1.165) is 31.2 Å². The molecule has 2 aromatic rings. The zero-order valence-corrected chi connectivity index (χ0v) is 26.2. The van der Waals surface area contributed by atoms with Gasteiger partial charge < -0.3 is 14.6 Å². The number of carbonyl (C=O) groups is 2. The van der Waals surface area contributed by atoms with Crippen LogP contribution in [0.2, 0.25) is 0 Å². The van der Waals surface area contributed by atoms with Crippen LogP contribution in [0, 0.1) is 17.7 Å². The fourth-order valence-corrected chi connectivity index (χ4v) is 6.73. The summed E-state index contributed by atoms with van der Waals surface area (Å²) in [5.74, 6) is -0.171. The van der Waals surface area contributed by atoms with Gasteiger partial charge in [0.25, 0.3) is 0 Å². The maximum atomic E-state index is 15.3. The molecule has 1 aromatic carbocycles. The van der Waals surface area contributed by atoms with Gasteiger partial charge in [-0.3, -0.25) is 14.7 Å². The fraction of sp³-hybridized carbons (Fsp3) is 0.594. The Morgan fingerprint density at radius 2 is 1.76 bits per heavy atom. The van der Waals surface area contributed by atoms with Crippen LogP contribution in [0.3, 0.4) is 0 Å². The summed E-state index contributed by atoms with van der Waals surface area (Å²) in [7, 11) is 0. The Kier molecular flexibility index (Phi) is 8.37. The van der Waals surface area contributed by atoms with Crippen LogP contribution < -0.4 is 10.0 Å². The van der Waals surface area contributed by atoms with Crippen molar-refractivity contribution in [2.24, 2.45) is 11.8 Å². The van der Waals surface area contributed by atoms with E-state index in [9.17, 15) is 14.1 Å². The quantitative estimate of drug-likeness (QED) is 0.341. The van der Waals surface area contributed by atoms with Crippen molar-refractivity contribution in [3.8, 4) is 0 Å². The third-order valence-corrected chi connectivity index (χ3v) is 10.00. The van der Waals surface area contributed by atoms with Crippen LogP contribution >= 0.6 is 0 Å². The van der Waals surface area contributed by atoms with Gasteiger partial charge in [-0.1, -0.05) is 18.9 Å². The first-order valence-electron chi connectivity index (χ1n) is 14.9. The lowest BCUT2D eigenvalue weighted by molar-refractivity contribution is -0.121. The van der Waals surface area contributed by atoms with Crippen LogP contribution in [0.25, 0.3) is 0 Å². The summed E-state index contributed by atoms with van der Waals surface area (Å²) >= 11 is -1.45. The molecule has 1 unspecified atom stereocenters. The lowest BCUT2D eigenvalue weighted by Crippen LogP contribution is -2.52. The number of piperidine rings is 1. The van der Waals surface area contributed by atoms with Gasteiger partial charge in [-0.15, -0.1) is 4.72 Å². The predicted octanol–water partition coefficient (Wildman–Crippen LogP) is 6.04. The van der Waals surface area contributed by atoms with Crippen molar-refractivity contribution < 1.29 is 23.3 Å². The molecule has 2 N–H and O–H groups in total. The van der Waals surface area contributed by atoms with E-state index >= 15 is 4.39 Å². The first-order valence-corrected chi connectivity index (χ1v) is 16.1. The molecule has 2 aliphatic carbocycles. The number of benzene rings is 1. The molecular weight excluding hydrogens is 555 g/mol. The minimum absolute atomic E-state index is 0.0230. The number of likely N-dealkylation sites (tertiary alicyclic amines) is 1. The molecule has 1 saturated heterocycles. The van der Waals surface area contributed by atoms with Crippen molar-refractivity contribution in [2.75, 3.05) is 5.32 Å². The van der Waals surface area contributed by atoms with E-state index in [-0.39, 0.29) is 17.6 Å². The standard InChI is InChI=1S/C32H43FN4O4S/c1-30(2,3)41-29(39)37-26-17-21(26)18-27(37)28(38)35-25-19-23(9-10-24(25)33)32(14-11-20-7-8-20,22-12-15-34-16-13-22)36-42(40)31(4,5)6/h9-10,12-13,15-16,19-21,26-27,36H,7-8,11,14,17-18H2,1-6H3,(H,35,38)/t21-,26-,27-,32+,42?/m1/s1. The lowest BCUT2D eigenvalue weighted by atomic mass is 9.79. The molecule has 1 aliphatic heterocycles. The Labute approximate surface area is 251 Å². The van der Waals surface area contributed by atoms with Crippen molar-refractivity contribution >= 4 is 29.0 Å². The molecule has 2 amide bonds. The van der Waals surface area contributed by atoms with E-state index in [1.807, 2.05) is 32.9 Å². The third kappa shape index (κ3) is 6.76. The average Bonchev–Trinajstić information content (AvgIpc) is 3.84. The van der Waals surface area contributed by atoms with E-state index in [1.54, 1.807) is 45.3 Å². The van der Waals surface area contributed by atoms with Crippen LogP contribution in [-0.2, 0) is 26.4 Å². The molecule has 0 spiro atoms. The number of nitrogens with zero attached hydrogens (tertiary/aromatic N) is 2. The van der Waals surface area contributed by atoms with Crippen LogP contribution in [0.4, 0.5) is 14.9 Å². The first kappa shape index (κ1) is 30.8. The summed E-state index contributed by atoms with van der Waals surface area (Å²) in [4.78, 5) is 32.3. The van der Waals surface area contributed by atoms with Gasteiger partial charge in [-0.05, 0) is 114 Å². The maximum Gasteiger partial charge on any atom is 0.411 e. The highest BCUT2D eigenvalue weighted by atomic mass is 32.2. The normalized spacial score (nSPS) is 24.0. The Morgan fingerprint density at radius 1 is 1.07 bits per heavy atom. The highest BCUT2D eigenvalue weighted by molar-refractivity contribution is 7.90. The summed E-state index contributed by atoms with van der Waals surface area (Å²) < 4.78 is 37.4. The number of hydrogen-bond acceptors (Lipinski definition) is 6. The second-order valence-corrected chi connectivity index (χ2v) is 16.0. The zero-order valence-electron chi connectivity index (χ0n) is 25.4. The molecule has 3 aliphatic rings. The Balaban J connectivity index is 1.47. The maximum absolute atomic E-state index is 15.3. The largest absolute Gasteiger partial charge is 0.598 e. The molecule has 3 fully saturated rings. The SMILES string of the molecule is CC(C)(C)OC(=O)N1[C@@H](C(=O)Nc2cc([C@@](CCC3CC3)(N[S+]([O-])C(C)(C)C)c3ccncc3)ccc2F)C[C@H]2C[C@H]21. The third-order valence-electron chi connectivity index (χ3n) is 8.35. The van der Waals surface area contributed by atoms with Gasteiger partial charge in [0.05, 0.1) is 5.69 Å². The molecule has 0 radical (unpaired) electrons. The summed E-state index contributed by atoms with van der Waals surface area (Å²) in [6.45, 7) is 11.1. The molecule has 2 saturated carbocycles. The summed E-state index contributed by atoms with van der Waals surface area (Å²) in [6, 6.07) is 7.71. The van der Waals surface area contributed by atoms with Gasteiger partial charge in [-0.25, -0.2) is 9.18 Å². The van der Waals surface area contributed by atoms with E-state index in [2.05, 4.69) is 15.0 Å². The number of fused-ring (bicyclic) bond motifs is 1. The number of rotatable bonds is 9. The molecule has 1 aromatic heterocycles. The number of aromatic nitrogens is 1. The highest BCUT2D eigenvalue weighted by Crippen LogP contribution is 2.49. The topological polar surface area (TPSA) is 107 Å². The number of ether oxygens (including phenoxy) is 1. The van der Waals surface area contributed by atoms with Gasteiger partial charge in [0.2, 0.25) is 5.91 Å². The number of carbonyl (C=O) groups excluding carboxylic acids is 2. The molecular formula is C32H43FN4O4S. The van der Waals surface area contributed by atoms with Gasteiger partial charge in [0.1, 0.15) is 27.7 Å². The minimum atomic E-state index is -1.45. The average molecular weight is 599 g/mol.